The molecule has 0 saturated carbocycles. The summed E-state index contributed by atoms with van der Waals surface area (Å²) in [7, 11) is 3.61. The first-order chi connectivity index (χ1) is 19.0. The Morgan fingerprint density at radius 1 is 1.12 bits per heavy atom. The Kier molecular flexibility index (Phi) is 8.65. The van der Waals surface area contributed by atoms with Gasteiger partial charge in [-0.25, -0.2) is 9.29 Å². The van der Waals surface area contributed by atoms with Crippen LogP contribution in [0.15, 0.2) is 52.6 Å². The van der Waals surface area contributed by atoms with E-state index in [0.29, 0.717) is 53.9 Å². The van der Waals surface area contributed by atoms with Crippen LogP contribution in [-0.4, -0.2) is 83.8 Å². The summed E-state index contributed by atoms with van der Waals surface area (Å²) >= 11 is 0. The Bertz CT molecular complexity index is 1400. The smallest absolute Gasteiger partial charge is 0.317 e. The molecule has 0 atom stereocenters. The summed E-state index contributed by atoms with van der Waals surface area (Å²) in [5, 5.41) is 24.5. The van der Waals surface area contributed by atoms with Crippen LogP contribution in [0, 0.1) is 12.7 Å². The molecule has 0 spiro atoms. The van der Waals surface area contributed by atoms with E-state index in [-0.39, 0.29) is 36.2 Å². The van der Waals surface area contributed by atoms with Crippen molar-refractivity contribution in [3.63, 3.8) is 0 Å². The van der Waals surface area contributed by atoms with E-state index in [4.69, 9.17) is 5.11 Å². The molecule has 0 bridgehead atoms. The number of aryl methyl sites for hydroxylation is 1. The quantitative estimate of drug-likeness (QED) is 0.259. The predicted molar refractivity (Wildman–Crippen MR) is 150 cm³/mol. The highest BCUT2D eigenvalue weighted by molar-refractivity contribution is 6.57. The largest absolute Gasteiger partial charge is 0.505 e. The summed E-state index contributed by atoms with van der Waals surface area (Å²) in [6.45, 7) is 4.68. The van der Waals surface area contributed by atoms with E-state index < -0.39 is 23.6 Å². The van der Waals surface area contributed by atoms with Gasteiger partial charge in [0.1, 0.15) is 11.6 Å². The molecule has 2 aromatic carbocycles. The monoisotopic (exact) mass is 551 g/mol. The van der Waals surface area contributed by atoms with Crippen molar-refractivity contribution in [2.45, 2.75) is 32.6 Å². The van der Waals surface area contributed by atoms with Gasteiger partial charge in [-0.1, -0.05) is 12.1 Å². The van der Waals surface area contributed by atoms with Crippen LogP contribution in [-0.2, 0) is 14.4 Å². The lowest BCUT2D eigenvalue weighted by Crippen LogP contribution is -2.49. The van der Waals surface area contributed by atoms with Crippen LogP contribution in [0.25, 0.3) is 0 Å². The van der Waals surface area contributed by atoms with E-state index >= 15 is 0 Å². The number of nitrogens with zero attached hydrogens (tertiary/aromatic N) is 4. The minimum Gasteiger partial charge on any atom is -0.505 e. The molecule has 40 heavy (non-hydrogen) atoms. The van der Waals surface area contributed by atoms with Crippen molar-refractivity contribution in [3.05, 3.63) is 64.5 Å². The second-order valence-corrected chi connectivity index (χ2v) is 10.5. The lowest BCUT2D eigenvalue weighted by Gasteiger charge is -2.31. The maximum Gasteiger partial charge on any atom is 0.317 e. The fourth-order valence-electron chi connectivity index (χ4n) is 5.12. The third-order valence-electron chi connectivity index (χ3n) is 7.29. The molecule has 2 heterocycles. The van der Waals surface area contributed by atoms with Crippen LogP contribution in [0.2, 0.25) is 0 Å². The van der Waals surface area contributed by atoms with Crippen molar-refractivity contribution in [1.29, 1.82) is 0 Å². The van der Waals surface area contributed by atoms with Crippen molar-refractivity contribution in [1.82, 2.24) is 9.80 Å². The fourth-order valence-corrected chi connectivity index (χ4v) is 5.12. The molecule has 10 nitrogen and oxygen atoms in total. The standard InChI is InChI=1S/C29H34FN5O5/c1-17-14-20(8-9-23(17)30)35-28(39)22(15-33(3)4)18(2)26(29(35)40)32-31-24-7-5-6-21(27(24)38)19-10-12-34(13-11-19)16-25(36)37/h5-9,14,19,31,38H,10-13,15-16H2,1-4H3,(H,36,37). The zero-order valence-corrected chi connectivity index (χ0v) is 23.1. The van der Waals surface area contributed by atoms with Crippen LogP contribution in [0.4, 0.5) is 15.8 Å². The Morgan fingerprint density at radius 3 is 2.45 bits per heavy atom. The molecular formula is C29H34FN5O5. The lowest BCUT2D eigenvalue weighted by atomic mass is 9.88. The number of carbonyl (C=O) groups is 3. The fraction of sp³-hybridized carbons (Fsp3) is 0.379. The summed E-state index contributed by atoms with van der Waals surface area (Å²) in [4.78, 5) is 42.7. The number of imide groups is 1. The number of piperidine rings is 1. The van der Waals surface area contributed by atoms with Crippen molar-refractivity contribution in [2.24, 2.45) is 5.10 Å². The predicted octanol–water partition coefficient (Wildman–Crippen LogP) is 3.32. The number of aliphatic carboxylic acids is 1. The number of hydrogen-bond donors (Lipinski definition) is 3. The Balaban J connectivity index is 1.64. The van der Waals surface area contributed by atoms with E-state index in [9.17, 15) is 23.9 Å². The highest BCUT2D eigenvalue weighted by Crippen LogP contribution is 2.38. The number of amides is 2. The van der Waals surface area contributed by atoms with Crippen LogP contribution in [0.5, 0.6) is 5.75 Å². The molecule has 2 amide bonds. The lowest BCUT2D eigenvalue weighted by molar-refractivity contribution is -0.138. The number of phenols is 1. The number of hydrogen-bond acceptors (Lipinski definition) is 8. The number of carboxylic acid groups (broad SMARTS) is 1. The molecule has 212 valence electrons. The van der Waals surface area contributed by atoms with Gasteiger partial charge in [-0.2, -0.15) is 5.10 Å². The molecule has 0 aromatic heterocycles. The van der Waals surface area contributed by atoms with Crippen LogP contribution < -0.4 is 10.3 Å². The second-order valence-electron chi connectivity index (χ2n) is 10.5. The molecule has 1 fully saturated rings. The van der Waals surface area contributed by atoms with E-state index in [1.54, 1.807) is 40.1 Å². The number of likely N-dealkylation sites (N-methyl/N-ethyl adjacent to an activating group) is 1. The third-order valence-corrected chi connectivity index (χ3v) is 7.29. The summed E-state index contributed by atoms with van der Waals surface area (Å²) in [6.07, 6.45) is 1.39. The molecule has 3 N–H and O–H groups in total. The van der Waals surface area contributed by atoms with Gasteiger partial charge >= 0.3 is 5.97 Å². The number of para-hydroxylation sites is 1. The number of likely N-dealkylation sites (tertiary alicyclic amines) is 1. The normalized spacial score (nSPS) is 18.2. The molecule has 2 aromatic rings. The van der Waals surface area contributed by atoms with Gasteiger partial charge in [0.2, 0.25) is 0 Å². The van der Waals surface area contributed by atoms with Gasteiger partial charge < -0.3 is 15.1 Å². The van der Waals surface area contributed by atoms with Gasteiger partial charge in [0.25, 0.3) is 11.8 Å². The maximum absolute atomic E-state index is 13.9. The van der Waals surface area contributed by atoms with Crippen LogP contribution >= 0.6 is 0 Å². The van der Waals surface area contributed by atoms with Crippen LogP contribution in [0.1, 0.15) is 36.8 Å². The summed E-state index contributed by atoms with van der Waals surface area (Å²) < 4.78 is 13.9. The van der Waals surface area contributed by atoms with Gasteiger partial charge in [-0.15, -0.1) is 0 Å². The number of hydrazone groups is 1. The van der Waals surface area contributed by atoms with E-state index in [0.717, 1.165) is 4.90 Å². The highest BCUT2D eigenvalue weighted by atomic mass is 19.1. The zero-order valence-electron chi connectivity index (χ0n) is 23.1. The molecule has 0 radical (unpaired) electrons. The van der Waals surface area contributed by atoms with Crippen molar-refractivity contribution < 1.29 is 29.0 Å². The first-order valence-corrected chi connectivity index (χ1v) is 13.1. The van der Waals surface area contributed by atoms with E-state index in [1.165, 1.54) is 18.2 Å². The van der Waals surface area contributed by atoms with Gasteiger partial charge in [0, 0.05) is 12.1 Å². The molecule has 0 aliphatic carbocycles. The number of phenolic OH excluding ortho intramolecular Hbond substituents is 1. The molecule has 2 aliphatic heterocycles. The zero-order chi connectivity index (χ0) is 29.1. The number of halogens is 1. The minimum absolute atomic E-state index is 0.00373. The van der Waals surface area contributed by atoms with Crippen molar-refractivity contribution in [2.75, 3.05) is 50.6 Å². The third kappa shape index (κ3) is 6.05. The van der Waals surface area contributed by atoms with Gasteiger partial charge in [0.05, 0.1) is 17.9 Å². The molecule has 0 unspecified atom stereocenters. The average molecular weight is 552 g/mol. The first kappa shape index (κ1) is 28.9. The number of aromatic hydroxyl groups is 1. The van der Waals surface area contributed by atoms with Crippen LogP contribution in [0.3, 0.4) is 0 Å². The SMILES string of the molecule is CC1=C(CN(C)C)C(=O)N(c2ccc(F)c(C)c2)C(=O)C1=NNc1cccc(C2CCN(CC(=O)O)CC2)c1O. The number of benzene rings is 2. The number of anilines is 2. The molecule has 1 saturated heterocycles. The Labute approximate surface area is 232 Å². The summed E-state index contributed by atoms with van der Waals surface area (Å²) in [6, 6.07) is 9.29. The molecule has 2 aliphatic rings. The number of carboxylic acids is 1. The highest BCUT2D eigenvalue weighted by Gasteiger charge is 2.38. The number of nitrogens with one attached hydrogen (secondary N) is 1. The van der Waals surface area contributed by atoms with Crippen molar-refractivity contribution >= 4 is 34.9 Å². The van der Waals surface area contributed by atoms with E-state index in [2.05, 4.69) is 10.5 Å². The average Bonchev–Trinajstić information content (AvgIpc) is 2.89. The maximum atomic E-state index is 13.9. The van der Waals surface area contributed by atoms with E-state index in [1.807, 2.05) is 15.9 Å². The molecular weight excluding hydrogens is 517 g/mol. The number of rotatable bonds is 8. The second kappa shape index (κ2) is 12.0. The van der Waals surface area contributed by atoms with Gasteiger partial charge in [-0.3, -0.25) is 24.7 Å². The minimum atomic E-state index is -0.864. The molecule has 11 heteroatoms. The number of carbonyl (C=O) groups excluding carboxylic acids is 2. The Morgan fingerprint density at radius 2 is 1.82 bits per heavy atom. The van der Waals surface area contributed by atoms with Gasteiger partial charge in [0.15, 0.2) is 5.71 Å². The first-order valence-electron chi connectivity index (χ1n) is 13.1. The van der Waals surface area contributed by atoms with Crippen molar-refractivity contribution in [3.8, 4) is 5.75 Å². The van der Waals surface area contributed by atoms with Gasteiger partial charge in [-0.05, 0) is 101 Å². The Hall–Kier alpha value is -4.09. The topological polar surface area (TPSA) is 126 Å². The molecule has 4 rings (SSSR count). The summed E-state index contributed by atoms with van der Waals surface area (Å²) in [5.41, 5.74) is 5.16. The summed E-state index contributed by atoms with van der Waals surface area (Å²) in [5.74, 6) is -2.43.